The number of nitrogens with one attached hydrogen (secondary N) is 1. The maximum absolute atomic E-state index is 11.3. The first-order valence-corrected chi connectivity index (χ1v) is 9.16. The van der Waals surface area contributed by atoms with Crippen LogP contribution in [-0.4, -0.2) is 72.4 Å². The Morgan fingerprint density at radius 3 is 1.83 bits per heavy atom. The van der Waals surface area contributed by atoms with Gasteiger partial charge in [0.1, 0.15) is 0 Å². The van der Waals surface area contributed by atoms with Crippen molar-refractivity contribution in [3.63, 3.8) is 0 Å². The monoisotopic (exact) mass is 309 g/mol. The second-order valence-electron chi connectivity index (χ2n) is 3.83. The maximum atomic E-state index is 11.3. The second kappa shape index (κ2) is 7.56. The topological polar surface area (TPSA) is 180 Å². The molecule has 1 amide bonds. The zero-order valence-corrected chi connectivity index (χ0v) is 11.7. The molecular formula is C6H21N3O7P2. The van der Waals surface area contributed by atoms with E-state index in [0.717, 1.165) is 4.90 Å². The van der Waals surface area contributed by atoms with E-state index < -0.39 is 40.9 Å². The molecule has 9 N–H and O–H groups in total. The minimum absolute atomic E-state index is 0.201. The molecule has 0 aliphatic heterocycles. The number of nitrogens with two attached hydrogens (primary N) is 1. The van der Waals surface area contributed by atoms with Crippen LogP contribution in [0.1, 0.15) is 0 Å². The van der Waals surface area contributed by atoms with E-state index in [1.807, 2.05) is 0 Å². The summed E-state index contributed by atoms with van der Waals surface area (Å²) in [7, 11) is -9.02. The molecule has 0 radical (unpaired) electrons. The first kappa shape index (κ1) is 18.0. The molecule has 0 rings (SSSR count). The summed E-state index contributed by atoms with van der Waals surface area (Å²) < 4.78 is 0. The summed E-state index contributed by atoms with van der Waals surface area (Å²) in [5.74, 6) is -0.558. The molecule has 0 aromatic carbocycles. The molecule has 0 unspecified atom stereocenters. The summed E-state index contributed by atoms with van der Waals surface area (Å²) in [5, 5.41) is 2.37. The number of amides is 1. The van der Waals surface area contributed by atoms with Crippen LogP contribution in [0, 0.1) is 0 Å². The van der Waals surface area contributed by atoms with E-state index in [-0.39, 0.29) is 13.1 Å². The van der Waals surface area contributed by atoms with Gasteiger partial charge in [0.15, 0.2) is 0 Å². The predicted octanol–water partition coefficient (Wildman–Crippen LogP) is -3.78. The van der Waals surface area contributed by atoms with E-state index in [2.05, 4.69) is 5.32 Å². The standard InChI is InChI=1S/C6H21N3O7P2/c7-1-2-8-6(10)3-9(4-17(11,12)13)5-18(14,15)16/h11-18H,1-5,7H2,(H,8,10). The van der Waals surface area contributed by atoms with Crippen LogP contribution in [0.2, 0.25) is 0 Å². The Labute approximate surface area is 105 Å². The zero-order chi connectivity index (χ0) is 14.4. The van der Waals surface area contributed by atoms with Crippen LogP contribution in [0.4, 0.5) is 0 Å². The Bertz CT molecular complexity index is 251. The molecular weight excluding hydrogens is 288 g/mol. The summed E-state index contributed by atoms with van der Waals surface area (Å²) >= 11 is 0. The summed E-state index contributed by atoms with van der Waals surface area (Å²) in [4.78, 5) is 65.6. The molecule has 0 spiro atoms. The van der Waals surface area contributed by atoms with Gasteiger partial charge in [0.25, 0.3) is 0 Å². The quantitative estimate of drug-likeness (QED) is 0.209. The molecule has 0 atom stereocenters. The third-order valence-electron chi connectivity index (χ3n) is 1.71. The van der Waals surface area contributed by atoms with Gasteiger partial charge in [0, 0.05) is 0 Å². The number of nitrogens with zero attached hydrogens (tertiary/aromatic N) is 1. The Morgan fingerprint density at radius 1 is 1.06 bits per heavy atom. The van der Waals surface area contributed by atoms with E-state index in [0.29, 0.717) is 0 Å². The molecule has 0 heterocycles. The average Bonchev–Trinajstić information content (AvgIpc) is 2.08. The van der Waals surface area contributed by atoms with Crippen molar-refractivity contribution in [3.8, 4) is 0 Å². The summed E-state index contributed by atoms with van der Waals surface area (Å²) in [6.07, 6.45) is -1.45. The van der Waals surface area contributed by atoms with Gasteiger partial charge in [-0.2, -0.15) is 0 Å². The van der Waals surface area contributed by atoms with Gasteiger partial charge in [-0.25, -0.2) is 0 Å². The summed E-state index contributed by atoms with van der Waals surface area (Å²) in [5.41, 5.74) is 5.16. The third kappa shape index (κ3) is 11.1. The van der Waals surface area contributed by atoms with Crippen LogP contribution in [0.25, 0.3) is 0 Å². The van der Waals surface area contributed by atoms with Gasteiger partial charge in [-0.05, 0) is 0 Å². The molecule has 0 saturated carbocycles. The fourth-order valence-electron chi connectivity index (χ4n) is 1.24. The van der Waals surface area contributed by atoms with E-state index in [4.69, 9.17) is 35.1 Å². The van der Waals surface area contributed by atoms with Crippen LogP contribution >= 0.6 is 15.9 Å². The Kier molecular flexibility index (Phi) is 7.57. The van der Waals surface area contributed by atoms with E-state index in [1.54, 1.807) is 0 Å². The van der Waals surface area contributed by atoms with Gasteiger partial charge >= 0.3 is 104 Å². The number of carbonyl (C=O) groups is 1. The molecule has 0 bridgehead atoms. The van der Waals surface area contributed by atoms with Crippen molar-refractivity contribution in [2.24, 2.45) is 5.73 Å². The fourth-order valence-corrected chi connectivity index (χ4v) is 3.11. The Hall–Kier alpha value is 0.01000. The van der Waals surface area contributed by atoms with E-state index in [1.165, 1.54) is 0 Å². The van der Waals surface area contributed by atoms with Crippen molar-refractivity contribution in [1.29, 1.82) is 0 Å². The number of hydrogen-bond donors (Lipinski definition) is 8. The van der Waals surface area contributed by atoms with Crippen LogP contribution < -0.4 is 11.1 Å². The van der Waals surface area contributed by atoms with Crippen molar-refractivity contribution in [2.75, 3.05) is 32.2 Å². The van der Waals surface area contributed by atoms with Crippen LogP contribution in [0.5, 0.6) is 0 Å². The van der Waals surface area contributed by atoms with Gasteiger partial charge in [-0.1, -0.05) is 0 Å². The number of carbonyl (C=O) groups excluding carboxylic acids is 1. The van der Waals surface area contributed by atoms with Crippen molar-refractivity contribution in [3.05, 3.63) is 0 Å². The second-order valence-corrected chi connectivity index (χ2v) is 7.56. The molecule has 10 nitrogen and oxygen atoms in total. The predicted molar refractivity (Wildman–Crippen MR) is 68.4 cm³/mol. The van der Waals surface area contributed by atoms with Gasteiger partial charge < -0.3 is 0 Å². The van der Waals surface area contributed by atoms with Gasteiger partial charge in [-0.15, -0.1) is 0 Å². The van der Waals surface area contributed by atoms with Crippen molar-refractivity contribution in [2.45, 2.75) is 0 Å². The normalized spacial score (nSPS) is 14.7. The molecule has 0 aliphatic carbocycles. The molecule has 112 valence electrons. The Morgan fingerprint density at radius 2 is 1.50 bits per heavy atom. The molecule has 18 heavy (non-hydrogen) atoms. The fraction of sp³-hybridized carbons (Fsp3) is 0.833. The van der Waals surface area contributed by atoms with Crippen LogP contribution in [0.3, 0.4) is 0 Å². The van der Waals surface area contributed by atoms with Gasteiger partial charge in [0.05, 0.1) is 0 Å². The molecule has 0 aromatic rings. The van der Waals surface area contributed by atoms with Gasteiger partial charge in [0.2, 0.25) is 0 Å². The zero-order valence-electron chi connectivity index (χ0n) is 9.65. The molecule has 0 aromatic heterocycles. The van der Waals surface area contributed by atoms with Crippen LogP contribution in [0.15, 0.2) is 0 Å². The molecule has 0 fully saturated rings. The number of hydrogen-bond acceptors (Lipinski definition) is 9. The molecule has 12 heteroatoms. The van der Waals surface area contributed by atoms with Crippen LogP contribution in [-0.2, 0) is 4.79 Å². The average molecular weight is 309 g/mol. The van der Waals surface area contributed by atoms with E-state index in [9.17, 15) is 4.79 Å². The molecule has 0 saturated heterocycles. The SMILES string of the molecule is NCCNC(=O)CN(C[PH](O)(O)O)C[PH](O)(O)O. The number of rotatable bonds is 8. The summed E-state index contributed by atoms with van der Waals surface area (Å²) in [6.45, 7) is -0.0253. The summed E-state index contributed by atoms with van der Waals surface area (Å²) in [6, 6.07) is 0. The minimum atomic E-state index is -4.51. The first-order chi connectivity index (χ1) is 8.03. The van der Waals surface area contributed by atoms with Crippen molar-refractivity contribution in [1.82, 2.24) is 10.2 Å². The van der Waals surface area contributed by atoms with Crippen molar-refractivity contribution >= 4 is 21.8 Å². The van der Waals surface area contributed by atoms with E-state index >= 15 is 0 Å². The molecule has 0 aliphatic rings. The van der Waals surface area contributed by atoms with Gasteiger partial charge in [-0.3, -0.25) is 0 Å². The Balaban J connectivity index is 4.43. The third-order valence-corrected chi connectivity index (χ3v) is 3.45. The first-order valence-electron chi connectivity index (χ1n) is 5.07. The van der Waals surface area contributed by atoms with Crippen molar-refractivity contribution < 1.29 is 34.2 Å².